The van der Waals surface area contributed by atoms with Crippen molar-refractivity contribution in [3.63, 3.8) is 0 Å². The first-order chi connectivity index (χ1) is 7.86. The number of thiophene rings is 1. The fraction of sp³-hybridized carbons (Fsp3) is 0.273. The minimum atomic E-state index is -0.365. The Morgan fingerprint density at radius 1 is 1.31 bits per heavy atom. The van der Waals surface area contributed by atoms with E-state index in [9.17, 15) is 5.11 Å². The van der Waals surface area contributed by atoms with Gasteiger partial charge in [0.1, 0.15) is 0 Å². The van der Waals surface area contributed by atoms with E-state index in [0.29, 0.717) is 0 Å². The van der Waals surface area contributed by atoms with Crippen molar-refractivity contribution in [2.45, 2.75) is 17.7 Å². The number of hydrogen-bond donors (Lipinski definition) is 1. The lowest BCUT2D eigenvalue weighted by Gasteiger charge is -2.06. The smallest absolute Gasteiger partial charge is 0.187 e. The Labute approximate surface area is 103 Å². The van der Waals surface area contributed by atoms with E-state index < -0.39 is 0 Å². The largest absolute Gasteiger partial charge is 0.388 e. The first-order valence-electron chi connectivity index (χ1n) is 4.97. The van der Waals surface area contributed by atoms with Crippen molar-refractivity contribution < 1.29 is 5.11 Å². The topological polar surface area (TPSA) is 46.0 Å². The van der Waals surface area contributed by atoms with Crippen LogP contribution < -0.4 is 0 Å². The molecule has 0 aliphatic rings. The Morgan fingerprint density at radius 2 is 2.12 bits per heavy atom. The van der Waals surface area contributed by atoms with Crippen LogP contribution in [0.2, 0.25) is 0 Å². The van der Waals surface area contributed by atoms with Crippen LogP contribution in [-0.2, 0) is 0 Å². The molecule has 2 aromatic rings. The molecular formula is C11H12N2OS2. The third-order valence-corrected chi connectivity index (χ3v) is 3.92. The van der Waals surface area contributed by atoms with Crippen LogP contribution in [0.5, 0.6) is 0 Å². The molecule has 0 saturated carbocycles. The van der Waals surface area contributed by atoms with Gasteiger partial charge >= 0.3 is 0 Å². The molecular weight excluding hydrogens is 240 g/mol. The molecule has 2 aromatic heterocycles. The number of thioether (sulfide) groups is 1. The standard InChI is InChI=1S/C11H12N2OS2/c14-9(10-3-1-7-15-10)4-8-16-11-12-5-2-6-13-11/h1-3,5-7,9,14H,4,8H2/t9-/m1/s1. The number of hydrogen-bond acceptors (Lipinski definition) is 5. The molecule has 2 heterocycles. The molecule has 0 amide bonds. The highest BCUT2D eigenvalue weighted by Gasteiger charge is 2.08. The first kappa shape index (κ1) is 11.6. The number of nitrogens with zero attached hydrogens (tertiary/aromatic N) is 2. The second-order valence-corrected chi connectivity index (χ2v) is 5.24. The molecule has 0 unspecified atom stereocenters. The molecule has 2 rings (SSSR count). The number of aromatic nitrogens is 2. The minimum Gasteiger partial charge on any atom is -0.388 e. The first-order valence-corrected chi connectivity index (χ1v) is 6.84. The van der Waals surface area contributed by atoms with Crippen molar-refractivity contribution in [2.24, 2.45) is 0 Å². The van der Waals surface area contributed by atoms with Gasteiger partial charge in [0, 0.05) is 23.0 Å². The number of aliphatic hydroxyl groups is 1. The van der Waals surface area contributed by atoms with Crippen molar-refractivity contribution >= 4 is 23.1 Å². The normalized spacial score (nSPS) is 12.6. The van der Waals surface area contributed by atoms with Crippen molar-refractivity contribution in [1.29, 1.82) is 0 Å². The third-order valence-electron chi connectivity index (χ3n) is 2.04. The van der Waals surface area contributed by atoms with E-state index >= 15 is 0 Å². The van der Waals surface area contributed by atoms with Crippen molar-refractivity contribution in [2.75, 3.05) is 5.75 Å². The van der Waals surface area contributed by atoms with Crippen LogP contribution in [0.4, 0.5) is 0 Å². The minimum absolute atomic E-state index is 0.365. The van der Waals surface area contributed by atoms with E-state index in [1.165, 1.54) is 0 Å². The summed E-state index contributed by atoms with van der Waals surface area (Å²) < 4.78 is 0. The van der Waals surface area contributed by atoms with Gasteiger partial charge in [0.25, 0.3) is 0 Å². The number of rotatable bonds is 5. The van der Waals surface area contributed by atoms with Gasteiger partial charge in [-0.15, -0.1) is 11.3 Å². The zero-order valence-corrected chi connectivity index (χ0v) is 10.2. The van der Waals surface area contributed by atoms with Crippen LogP contribution in [0, 0.1) is 0 Å². The molecule has 16 heavy (non-hydrogen) atoms. The second-order valence-electron chi connectivity index (χ2n) is 3.20. The summed E-state index contributed by atoms with van der Waals surface area (Å²) >= 11 is 3.16. The zero-order chi connectivity index (χ0) is 11.2. The maximum Gasteiger partial charge on any atom is 0.187 e. The van der Waals surface area contributed by atoms with Gasteiger partial charge in [-0.25, -0.2) is 9.97 Å². The third kappa shape index (κ3) is 3.30. The lowest BCUT2D eigenvalue weighted by molar-refractivity contribution is 0.179. The molecule has 0 radical (unpaired) electrons. The summed E-state index contributed by atoms with van der Waals surface area (Å²) in [6.45, 7) is 0. The van der Waals surface area contributed by atoms with Crippen LogP contribution >= 0.6 is 23.1 Å². The van der Waals surface area contributed by atoms with Gasteiger partial charge in [-0.2, -0.15) is 0 Å². The SMILES string of the molecule is O[C@H](CCSc1ncccn1)c1cccs1. The molecule has 5 heteroatoms. The van der Waals surface area contributed by atoms with Crippen molar-refractivity contribution in [3.05, 3.63) is 40.8 Å². The molecule has 0 spiro atoms. The van der Waals surface area contributed by atoms with Crippen LogP contribution in [-0.4, -0.2) is 20.8 Å². The van der Waals surface area contributed by atoms with Crippen molar-refractivity contribution in [3.8, 4) is 0 Å². The van der Waals surface area contributed by atoms with Crippen LogP contribution in [0.3, 0.4) is 0 Å². The second kappa shape index (κ2) is 5.98. The average Bonchev–Trinajstić information content (AvgIpc) is 2.84. The molecule has 0 saturated heterocycles. The summed E-state index contributed by atoms with van der Waals surface area (Å²) in [6, 6.07) is 5.71. The summed E-state index contributed by atoms with van der Waals surface area (Å²) in [5.74, 6) is 0.823. The van der Waals surface area contributed by atoms with E-state index in [4.69, 9.17) is 0 Å². The monoisotopic (exact) mass is 252 g/mol. The van der Waals surface area contributed by atoms with E-state index in [-0.39, 0.29) is 6.10 Å². The van der Waals surface area contributed by atoms with Gasteiger partial charge in [-0.05, 0) is 23.9 Å². The van der Waals surface area contributed by atoms with Gasteiger partial charge in [0.15, 0.2) is 5.16 Å². The van der Waals surface area contributed by atoms with E-state index in [1.54, 1.807) is 41.6 Å². The summed E-state index contributed by atoms with van der Waals surface area (Å²) in [5.41, 5.74) is 0. The summed E-state index contributed by atoms with van der Waals surface area (Å²) in [7, 11) is 0. The van der Waals surface area contributed by atoms with E-state index in [2.05, 4.69) is 9.97 Å². The van der Waals surface area contributed by atoms with E-state index in [0.717, 1.165) is 22.2 Å². The predicted molar refractivity (Wildman–Crippen MR) is 66.7 cm³/mol. The molecule has 1 atom stereocenters. The number of aliphatic hydroxyl groups excluding tert-OH is 1. The predicted octanol–water partition coefficient (Wildman–Crippen LogP) is 2.75. The van der Waals surface area contributed by atoms with Gasteiger partial charge in [0.05, 0.1) is 6.10 Å². The lowest BCUT2D eigenvalue weighted by Crippen LogP contribution is -1.96. The van der Waals surface area contributed by atoms with Crippen LogP contribution in [0.25, 0.3) is 0 Å². The Kier molecular flexibility index (Phi) is 4.33. The molecule has 84 valence electrons. The quantitative estimate of drug-likeness (QED) is 0.656. The van der Waals surface area contributed by atoms with Gasteiger partial charge < -0.3 is 5.11 Å². The van der Waals surface area contributed by atoms with Crippen molar-refractivity contribution in [1.82, 2.24) is 9.97 Å². The Hall–Kier alpha value is -0.910. The van der Waals surface area contributed by atoms with E-state index in [1.807, 2.05) is 17.5 Å². The molecule has 3 nitrogen and oxygen atoms in total. The molecule has 0 fully saturated rings. The highest BCUT2D eigenvalue weighted by atomic mass is 32.2. The van der Waals surface area contributed by atoms with Crippen LogP contribution in [0.15, 0.2) is 41.1 Å². The summed E-state index contributed by atoms with van der Waals surface area (Å²) in [4.78, 5) is 9.25. The molecule has 0 aromatic carbocycles. The summed E-state index contributed by atoms with van der Waals surface area (Å²) in [6.07, 6.45) is 3.82. The Balaban J connectivity index is 1.76. The Morgan fingerprint density at radius 3 is 2.81 bits per heavy atom. The molecule has 0 aliphatic carbocycles. The van der Waals surface area contributed by atoms with Gasteiger partial charge in [0.2, 0.25) is 0 Å². The average molecular weight is 252 g/mol. The summed E-state index contributed by atoms with van der Waals surface area (Å²) in [5, 5.41) is 12.6. The molecule has 0 bridgehead atoms. The maximum atomic E-state index is 9.84. The highest BCUT2D eigenvalue weighted by Crippen LogP contribution is 2.24. The fourth-order valence-electron chi connectivity index (χ4n) is 1.24. The van der Waals surface area contributed by atoms with Crippen LogP contribution in [0.1, 0.15) is 17.4 Å². The zero-order valence-electron chi connectivity index (χ0n) is 8.61. The molecule has 1 N–H and O–H groups in total. The fourth-order valence-corrected chi connectivity index (χ4v) is 2.79. The molecule has 0 aliphatic heterocycles. The lowest BCUT2D eigenvalue weighted by atomic mass is 10.2. The maximum absolute atomic E-state index is 9.84. The Bertz CT molecular complexity index is 405. The highest BCUT2D eigenvalue weighted by molar-refractivity contribution is 7.99. The van der Waals surface area contributed by atoms with Gasteiger partial charge in [-0.1, -0.05) is 17.8 Å². The van der Waals surface area contributed by atoms with Gasteiger partial charge in [-0.3, -0.25) is 0 Å².